The third-order valence-corrected chi connectivity index (χ3v) is 6.22. The molecule has 4 nitrogen and oxygen atoms in total. The number of para-hydroxylation sites is 1. The summed E-state index contributed by atoms with van der Waals surface area (Å²) in [7, 11) is 0. The van der Waals surface area contributed by atoms with Gasteiger partial charge >= 0.3 is 0 Å². The van der Waals surface area contributed by atoms with E-state index in [0.29, 0.717) is 5.19 Å². The van der Waals surface area contributed by atoms with Gasteiger partial charge in [0.05, 0.1) is 10.2 Å². The first kappa shape index (κ1) is 19.4. The summed E-state index contributed by atoms with van der Waals surface area (Å²) in [5.41, 5.74) is 2.30. The molecule has 4 rings (SSSR count). The Morgan fingerprint density at radius 3 is 2.61 bits per heavy atom. The van der Waals surface area contributed by atoms with Gasteiger partial charge in [-0.05, 0) is 61.6 Å². The van der Waals surface area contributed by atoms with Gasteiger partial charge in [-0.2, -0.15) is 0 Å². The molecule has 28 heavy (non-hydrogen) atoms. The zero-order valence-electron chi connectivity index (χ0n) is 16.2. The second-order valence-electron chi connectivity index (χ2n) is 7.59. The number of rotatable bonds is 11. The second-order valence-corrected chi connectivity index (χ2v) is 8.59. The van der Waals surface area contributed by atoms with Crippen LogP contribution in [-0.2, 0) is 6.42 Å². The molecule has 3 aromatic rings. The lowest BCUT2D eigenvalue weighted by molar-refractivity contribution is 0.221. The van der Waals surface area contributed by atoms with Gasteiger partial charge in [-0.3, -0.25) is 0 Å². The highest BCUT2D eigenvalue weighted by Crippen LogP contribution is 2.33. The summed E-state index contributed by atoms with van der Waals surface area (Å²) in [5.74, 6) is 1.78. The molecule has 5 heteroatoms. The third kappa shape index (κ3) is 5.53. The first-order chi connectivity index (χ1) is 13.8. The number of thiazole rings is 1. The monoisotopic (exact) mass is 396 g/mol. The Labute approximate surface area is 170 Å². The molecule has 0 unspecified atom stereocenters. The number of aliphatic hydroxyl groups excluding tert-OH is 1. The summed E-state index contributed by atoms with van der Waals surface area (Å²) in [6.45, 7) is 3.47. The molecule has 148 valence electrons. The van der Waals surface area contributed by atoms with Gasteiger partial charge in [0.15, 0.2) is 0 Å². The summed E-state index contributed by atoms with van der Waals surface area (Å²) < 4.78 is 7.08. The maximum absolute atomic E-state index is 9.14. The molecular formula is C23H28N2O2S. The Hall–Kier alpha value is -1.95. The second kappa shape index (κ2) is 9.50. The van der Waals surface area contributed by atoms with Crippen LogP contribution < -0.4 is 4.74 Å². The lowest BCUT2D eigenvalue weighted by atomic mass is 10.1. The predicted molar refractivity (Wildman–Crippen MR) is 115 cm³/mol. The Bertz CT molecular complexity index is 841. The zero-order valence-corrected chi connectivity index (χ0v) is 17.0. The van der Waals surface area contributed by atoms with E-state index < -0.39 is 0 Å². The molecule has 0 atom stereocenters. The summed E-state index contributed by atoms with van der Waals surface area (Å²) in [6, 6.07) is 16.4. The average molecular weight is 397 g/mol. The van der Waals surface area contributed by atoms with Gasteiger partial charge in [0.25, 0.3) is 5.19 Å². The van der Waals surface area contributed by atoms with Crippen LogP contribution in [0.1, 0.15) is 31.2 Å². The standard InChI is InChI=1S/C23H28N2O2S/c26-17-3-14-25(15-12-18-6-7-18)16-13-19-8-10-20(11-9-19)27-23-24-21-4-1-2-5-22(21)28-23/h1-2,4-5,8-11,18,26H,3,6-7,12-17H2. The highest BCUT2D eigenvalue weighted by Gasteiger charge is 2.21. The summed E-state index contributed by atoms with van der Waals surface area (Å²) >= 11 is 1.57. The Kier molecular flexibility index (Phi) is 6.57. The van der Waals surface area contributed by atoms with Crippen molar-refractivity contribution in [1.82, 2.24) is 9.88 Å². The van der Waals surface area contributed by atoms with Crippen LogP contribution >= 0.6 is 11.3 Å². The minimum atomic E-state index is 0.276. The molecule has 1 fully saturated rings. The normalized spacial score (nSPS) is 14.1. The predicted octanol–water partition coefficient (Wildman–Crippen LogP) is 5.12. The molecule has 1 aliphatic rings. The molecule has 2 aromatic carbocycles. The van der Waals surface area contributed by atoms with E-state index in [1.54, 1.807) is 11.3 Å². The largest absolute Gasteiger partial charge is 0.431 e. The molecule has 0 amide bonds. The maximum Gasteiger partial charge on any atom is 0.279 e. The van der Waals surface area contributed by atoms with Gasteiger partial charge in [0, 0.05) is 19.7 Å². The van der Waals surface area contributed by atoms with Gasteiger partial charge < -0.3 is 14.7 Å². The fourth-order valence-electron chi connectivity index (χ4n) is 3.41. The van der Waals surface area contributed by atoms with Crippen molar-refractivity contribution in [3.05, 3.63) is 54.1 Å². The van der Waals surface area contributed by atoms with Crippen molar-refractivity contribution in [2.45, 2.75) is 32.1 Å². The molecule has 1 N–H and O–H groups in total. The molecule has 0 saturated heterocycles. The van der Waals surface area contributed by atoms with Crippen LogP contribution in [0, 0.1) is 5.92 Å². The summed E-state index contributed by atoms with van der Waals surface area (Å²) in [5, 5.41) is 9.83. The molecule has 1 saturated carbocycles. The van der Waals surface area contributed by atoms with Crippen molar-refractivity contribution >= 4 is 21.6 Å². The fraction of sp³-hybridized carbons (Fsp3) is 0.435. The number of fused-ring (bicyclic) bond motifs is 1. The van der Waals surface area contributed by atoms with E-state index in [1.807, 2.05) is 30.3 Å². The van der Waals surface area contributed by atoms with E-state index in [-0.39, 0.29) is 6.61 Å². The number of aliphatic hydroxyl groups is 1. The summed E-state index contributed by atoms with van der Waals surface area (Å²) in [4.78, 5) is 7.03. The van der Waals surface area contributed by atoms with Gasteiger partial charge in [0.1, 0.15) is 5.75 Å². The molecule has 0 radical (unpaired) electrons. The van der Waals surface area contributed by atoms with Crippen LogP contribution in [0.3, 0.4) is 0 Å². The third-order valence-electron chi connectivity index (χ3n) is 5.30. The molecule has 0 aliphatic heterocycles. The minimum Gasteiger partial charge on any atom is -0.431 e. The first-order valence-electron chi connectivity index (χ1n) is 10.3. The van der Waals surface area contributed by atoms with Crippen molar-refractivity contribution in [3.63, 3.8) is 0 Å². The SMILES string of the molecule is OCCCN(CCc1ccc(Oc2nc3ccccc3s2)cc1)CCC1CC1. The molecule has 1 aliphatic carbocycles. The molecule has 0 bridgehead atoms. The number of hydrogen-bond donors (Lipinski definition) is 1. The Balaban J connectivity index is 1.30. The van der Waals surface area contributed by atoms with Gasteiger partial charge in [0.2, 0.25) is 0 Å². The van der Waals surface area contributed by atoms with Gasteiger partial charge in [-0.1, -0.05) is 48.4 Å². The van der Waals surface area contributed by atoms with Crippen molar-refractivity contribution < 1.29 is 9.84 Å². The molecular weight excluding hydrogens is 368 g/mol. The van der Waals surface area contributed by atoms with Crippen LogP contribution in [0.5, 0.6) is 10.9 Å². The van der Waals surface area contributed by atoms with E-state index in [9.17, 15) is 0 Å². The Morgan fingerprint density at radius 1 is 1.04 bits per heavy atom. The van der Waals surface area contributed by atoms with Crippen LogP contribution in [0.25, 0.3) is 10.2 Å². The van der Waals surface area contributed by atoms with E-state index in [4.69, 9.17) is 9.84 Å². The zero-order chi connectivity index (χ0) is 19.2. The van der Waals surface area contributed by atoms with Crippen LogP contribution in [-0.4, -0.2) is 41.2 Å². The van der Waals surface area contributed by atoms with Crippen molar-refractivity contribution in [2.75, 3.05) is 26.2 Å². The van der Waals surface area contributed by atoms with E-state index in [1.165, 1.54) is 24.8 Å². The average Bonchev–Trinajstić information content (AvgIpc) is 3.46. The van der Waals surface area contributed by atoms with Crippen LogP contribution in [0.15, 0.2) is 48.5 Å². The number of aromatic nitrogens is 1. The number of ether oxygens (including phenoxy) is 1. The highest BCUT2D eigenvalue weighted by atomic mass is 32.1. The van der Waals surface area contributed by atoms with E-state index >= 15 is 0 Å². The Morgan fingerprint density at radius 2 is 1.86 bits per heavy atom. The molecule has 1 aromatic heterocycles. The number of hydrogen-bond acceptors (Lipinski definition) is 5. The summed E-state index contributed by atoms with van der Waals surface area (Å²) in [6.07, 6.45) is 6.01. The van der Waals surface area contributed by atoms with Gasteiger partial charge in [-0.25, -0.2) is 4.98 Å². The van der Waals surface area contributed by atoms with Crippen molar-refractivity contribution in [3.8, 4) is 10.9 Å². The van der Waals surface area contributed by atoms with Crippen molar-refractivity contribution in [2.24, 2.45) is 5.92 Å². The number of nitrogens with zero attached hydrogens (tertiary/aromatic N) is 2. The smallest absolute Gasteiger partial charge is 0.279 e. The number of benzene rings is 2. The lowest BCUT2D eigenvalue weighted by Gasteiger charge is -2.22. The van der Waals surface area contributed by atoms with Crippen LogP contribution in [0.4, 0.5) is 0 Å². The van der Waals surface area contributed by atoms with Crippen molar-refractivity contribution in [1.29, 1.82) is 0 Å². The molecule has 1 heterocycles. The van der Waals surface area contributed by atoms with Crippen LogP contribution in [0.2, 0.25) is 0 Å². The maximum atomic E-state index is 9.14. The molecule has 0 spiro atoms. The highest BCUT2D eigenvalue weighted by molar-refractivity contribution is 7.20. The minimum absolute atomic E-state index is 0.276. The van der Waals surface area contributed by atoms with E-state index in [2.05, 4.69) is 28.1 Å². The quantitative estimate of drug-likeness (QED) is 0.489. The fourth-order valence-corrected chi connectivity index (χ4v) is 4.24. The van der Waals surface area contributed by atoms with E-state index in [0.717, 1.165) is 54.4 Å². The topological polar surface area (TPSA) is 45.6 Å². The van der Waals surface area contributed by atoms with Gasteiger partial charge in [-0.15, -0.1) is 0 Å². The lowest BCUT2D eigenvalue weighted by Crippen LogP contribution is -2.29. The first-order valence-corrected chi connectivity index (χ1v) is 11.1.